The first-order valence-electron chi connectivity index (χ1n) is 6.48. The largest absolute Gasteiger partial charge is 0.391 e. The zero-order valence-corrected chi connectivity index (χ0v) is 13.1. The van der Waals surface area contributed by atoms with Crippen LogP contribution in [-0.2, 0) is 0 Å². The first kappa shape index (κ1) is 16.9. The molecule has 1 aliphatic rings. The van der Waals surface area contributed by atoms with Crippen LogP contribution in [0.4, 0.5) is 4.39 Å². The monoisotopic (exact) mass is 351 g/mol. The van der Waals surface area contributed by atoms with E-state index >= 15 is 0 Å². The molecule has 2 rings (SSSR count). The fourth-order valence-corrected chi connectivity index (χ4v) is 2.93. The average Bonchev–Trinajstić information content (AvgIpc) is 2.41. The second kappa shape index (κ2) is 7.58. The lowest BCUT2D eigenvalue weighted by Gasteiger charge is -2.30. The maximum absolute atomic E-state index is 13.5. The van der Waals surface area contributed by atoms with Crippen molar-refractivity contribution in [1.29, 1.82) is 0 Å². The maximum Gasteiger partial charge on any atom is 0.137 e. The lowest BCUT2D eigenvalue weighted by molar-refractivity contribution is 0.0617. The maximum atomic E-state index is 13.5. The molecule has 0 radical (unpaired) electrons. The molecule has 0 aliphatic heterocycles. The predicted molar refractivity (Wildman–Crippen MR) is 80.9 cm³/mol. The summed E-state index contributed by atoms with van der Waals surface area (Å²) in [6, 6.07) is 4.30. The Kier molecular flexibility index (Phi) is 6.74. The molecule has 5 heteroatoms. The number of halogens is 3. The van der Waals surface area contributed by atoms with Gasteiger partial charge in [0.05, 0.1) is 16.6 Å². The molecule has 1 fully saturated rings. The highest BCUT2D eigenvalue weighted by atomic mass is 79.9. The molecule has 0 heterocycles. The van der Waals surface area contributed by atoms with Crippen LogP contribution in [-0.4, -0.2) is 11.2 Å². The van der Waals surface area contributed by atoms with Crippen molar-refractivity contribution >= 4 is 28.3 Å². The Morgan fingerprint density at radius 2 is 1.89 bits per heavy atom. The Morgan fingerprint density at radius 3 is 2.47 bits per heavy atom. The second-order valence-electron chi connectivity index (χ2n) is 5.09. The van der Waals surface area contributed by atoms with Gasteiger partial charge in [-0.15, -0.1) is 12.4 Å². The summed E-state index contributed by atoms with van der Waals surface area (Å²) < 4.78 is 13.9. The van der Waals surface area contributed by atoms with Crippen molar-refractivity contribution < 1.29 is 9.50 Å². The highest BCUT2D eigenvalue weighted by Gasteiger charge is 2.27. The SMILES string of the molecule is Cl.N[C@H](c1ccc(Br)c(F)c1)[C@@H](O)C1CCCCC1. The number of hydrogen-bond acceptors (Lipinski definition) is 2. The Bertz CT molecular complexity index is 412. The normalized spacial score (nSPS) is 19.6. The zero-order valence-electron chi connectivity index (χ0n) is 10.7. The first-order valence-corrected chi connectivity index (χ1v) is 7.27. The molecule has 108 valence electrons. The summed E-state index contributed by atoms with van der Waals surface area (Å²) in [6.07, 6.45) is 5.02. The van der Waals surface area contributed by atoms with Crippen LogP contribution in [0.3, 0.4) is 0 Å². The molecule has 0 aromatic heterocycles. The lowest BCUT2D eigenvalue weighted by atomic mass is 9.81. The molecule has 1 aliphatic carbocycles. The molecule has 1 aromatic rings. The molecule has 2 nitrogen and oxygen atoms in total. The van der Waals surface area contributed by atoms with Crippen LogP contribution in [0.5, 0.6) is 0 Å². The summed E-state index contributed by atoms with van der Waals surface area (Å²) in [6.45, 7) is 0. The molecule has 0 unspecified atom stereocenters. The van der Waals surface area contributed by atoms with Crippen LogP contribution in [0.1, 0.15) is 43.7 Å². The van der Waals surface area contributed by atoms with Gasteiger partial charge in [0.25, 0.3) is 0 Å². The molecular formula is C14H20BrClFNO. The number of rotatable bonds is 3. The number of nitrogens with two attached hydrogens (primary N) is 1. The van der Waals surface area contributed by atoms with E-state index in [0.29, 0.717) is 10.0 Å². The minimum Gasteiger partial charge on any atom is -0.391 e. The zero-order chi connectivity index (χ0) is 13.1. The van der Waals surface area contributed by atoms with Crippen LogP contribution >= 0.6 is 28.3 Å². The highest BCUT2D eigenvalue weighted by Crippen LogP contribution is 2.32. The van der Waals surface area contributed by atoms with Crippen molar-refractivity contribution in [2.24, 2.45) is 11.7 Å². The molecule has 0 spiro atoms. The van der Waals surface area contributed by atoms with Crippen molar-refractivity contribution in [3.8, 4) is 0 Å². The summed E-state index contributed by atoms with van der Waals surface area (Å²) in [5.41, 5.74) is 6.72. The summed E-state index contributed by atoms with van der Waals surface area (Å²) >= 11 is 3.11. The van der Waals surface area contributed by atoms with E-state index in [1.165, 1.54) is 12.5 Å². The van der Waals surface area contributed by atoms with Crippen LogP contribution in [0.2, 0.25) is 0 Å². The van der Waals surface area contributed by atoms with Crippen molar-refractivity contribution in [3.63, 3.8) is 0 Å². The van der Waals surface area contributed by atoms with E-state index < -0.39 is 12.1 Å². The summed E-state index contributed by atoms with van der Waals surface area (Å²) in [5.74, 6) is -0.0840. The van der Waals surface area contributed by atoms with Crippen LogP contribution in [0.15, 0.2) is 22.7 Å². The average molecular weight is 353 g/mol. The molecular weight excluding hydrogens is 333 g/mol. The second-order valence-corrected chi connectivity index (χ2v) is 5.94. The van der Waals surface area contributed by atoms with Crippen molar-refractivity contribution in [1.82, 2.24) is 0 Å². The molecule has 3 N–H and O–H groups in total. The molecule has 0 amide bonds. The Morgan fingerprint density at radius 1 is 1.26 bits per heavy atom. The van der Waals surface area contributed by atoms with Gasteiger partial charge in [0.2, 0.25) is 0 Å². The van der Waals surface area contributed by atoms with Crippen LogP contribution < -0.4 is 5.73 Å². The lowest BCUT2D eigenvalue weighted by Crippen LogP contribution is -2.34. The predicted octanol–water partition coefficient (Wildman–Crippen LogP) is 3.95. The van der Waals surface area contributed by atoms with E-state index in [-0.39, 0.29) is 24.1 Å². The quantitative estimate of drug-likeness (QED) is 0.865. The fourth-order valence-electron chi connectivity index (χ4n) is 2.69. The number of aliphatic hydroxyl groups is 1. The third-order valence-electron chi connectivity index (χ3n) is 3.83. The summed E-state index contributed by atoms with van der Waals surface area (Å²) in [5, 5.41) is 10.3. The fraction of sp³-hybridized carbons (Fsp3) is 0.571. The number of hydrogen-bond donors (Lipinski definition) is 2. The Labute approximate surface area is 128 Å². The van der Waals surface area contributed by atoms with Crippen LogP contribution in [0.25, 0.3) is 0 Å². The van der Waals surface area contributed by atoms with Gasteiger partial charge in [0, 0.05) is 0 Å². The van der Waals surface area contributed by atoms with Gasteiger partial charge in [-0.3, -0.25) is 0 Å². The van der Waals surface area contributed by atoms with Crippen molar-refractivity contribution in [2.45, 2.75) is 44.2 Å². The smallest absolute Gasteiger partial charge is 0.137 e. The van der Waals surface area contributed by atoms with Gasteiger partial charge < -0.3 is 10.8 Å². The van der Waals surface area contributed by atoms with Crippen molar-refractivity contribution in [3.05, 3.63) is 34.1 Å². The van der Waals surface area contributed by atoms with E-state index in [9.17, 15) is 9.50 Å². The minimum absolute atomic E-state index is 0. The molecule has 1 aromatic carbocycles. The number of benzene rings is 1. The highest BCUT2D eigenvalue weighted by molar-refractivity contribution is 9.10. The van der Waals surface area contributed by atoms with Gasteiger partial charge in [-0.25, -0.2) is 4.39 Å². The first-order chi connectivity index (χ1) is 8.59. The molecule has 1 saturated carbocycles. The Hall–Kier alpha value is -0.160. The van der Waals surface area contributed by atoms with Crippen molar-refractivity contribution in [2.75, 3.05) is 0 Å². The molecule has 19 heavy (non-hydrogen) atoms. The topological polar surface area (TPSA) is 46.2 Å². The third-order valence-corrected chi connectivity index (χ3v) is 4.47. The van der Waals surface area contributed by atoms with E-state index in [4.69, 9.17) is 5.73 Å². The molecule has 0 saturated heterocycles. The standard InChI is InChI=1S/C14H19BrFNO.ClH/c15-11-7-6-10(8-12(11)16)13(17)14(18)9-4-2-1-3-5-9;/h6-9,13-14,18H,1-5,17H2;1H/t13-,14+;/m1./s1. The van der Waals surface area contributed by atoms with Gasteiger partial charge in [0.1, 0.15) is 5.82 Å². The van der Waals surface area contributed by atoms with Gasteiger partial charge >= 0.3 is 0 Å². The minimum atomic E-state index is -0.578. The molecule has 2 atom stereocenters. The van der Waals surface area contributed by atoms with E-state index in [1.807, 2.05) is 0 Å². The molecule has 0 bridgehead atoms. The third kappa shape index (κ3) is 4.15. The van der Waals surface area contributed by atoms with E-state index in [1.54, 1.807) is 12.1 Å². The van der Waals surface area contributed by atoms with Crippen LogP contribution in [0, 0.1) is 11.7 Å². The van der Waals surface area contributed by atoms with Gasteiger partial charge in [-0.2, -0.15) is 0 Å². The van der Waals surface area contributed by atoms with Gasteiger partial charge in [-0.1, -0.05) is 25.3 Å². The summed E-state index contributed by atoms with van der Waals surface area (Å²) in [7, 11) is 0. The number of aliphatic hydroxyl groups excluding tert-OH is 1. The summed E-state index contributed by atoms with van der Waals surface area (Å²) in [4.78, 5) is 0. The van der Waals surface area contributed by atoms with E-state index in [2.05, 4.69) is 15.9 Å². The van der Waals surface area contributed by atoms with Gasteiger partial charge in [0.15, 0.2) is 0 Å². The van der Waals surface area contributed by atoms with Gasteiger partial charge in [-0.05, 0) is 52.4 Å². The van der Waals surface area contributed by atoms with E-state index in [0.717, 1.165) is 25.7 Å². The Balaban J connectivity index is 0.00000180.